The molecule has 0 amide bonds. The number of halogens is 7. The van der Waals surface area contributed by atoms with Gasteiger partial charge in [0.1, 0.15) is 0 Å². The van der Waals surface area contributed by atoms with E-state index in [2.05, 4.69) is 19.7 Å². The van der Waals surface area contributed by atoms with Gasteiger partial charge in [-0.05, 0) is 6.07 Å². The summed E-state index contributed by atoms with van der Waals surface area (Å²) in [4.78, 5) is 10.5. The van der Waals surface area contributed by atoms with Gasteiger partial charge in [0.15, 0.2) is 12.4 Å². The van der Waals surface area contributed by atoms with Crippen LogP contribution in [0.1, 0.15) is 33.5 Å². The Morgan fingerprint density at radius 1 is 0.900 bits per heavy atom. The maximum absolute atomic E-state index is 13.9. The van der Waals surface area contributed by atoms with Gasteiger partial charge >= 0.3 is 12.4 Å². The Morgan fingerprint density at radius 2 is 1.50 bits per heavy atom. The molecule has 0 spiro atoms. The third kappa shape index (κ3) is 6.29. The number of pyridine rings is 1. The summed E-state index contributed by atoms with van der Waals surface area (Å²) < 4.78 is 93.7. The zero-order chi connectivity index (χ0) is 23.1. The Kier molecular flexibility index (Phi) is 8.55. The van der Waals surface area contributed by atoms with Crippen molar-refractivity contribution in [3.8, 4) is 17.1 Å². The van der Waals surface area contributed by atoms with Gasteiger partial charge in [0.25, 0.3) is 5.88 Å². The molecule has 5 nitrogen and oxygen atoms in total. The second-order valence-corrected chi connectivity index (χ2v) is 5.06. The van der Waals surface area contributed by atoms with Crippen molar-refractivity contribution in [2.75, 3.05) is 6.61 Å². The molecule has 0 aliphatic heterocycles. The topological polar surface area (TPSA) is 52.3 Å². The average molecular weight is 440 g/mol. The number of hydrogen-bond acceptors (Lipinski definition) is 4. The summed E-state index contributed by atoms with van der Waals surface area (Å²) in [7, 11) is 0. The second kappa shape index (κ2) is 10.2. The van der Waals surface area contributed by atoms with Gasteiger partial charge in [-0.3, -0.25) is 9.38 Å². The lowest BCUT2D eigenvalue weighted by Gasteiger charge is -2.10. The maximum Gasteiger partial charge on any atom is 0.450 e. The zero-order valence-electron chi connectivity index (χ0n) is 16.4. The highest BCUT2D eigenvalue weighted by atomic mass is 19.4. The summed E-state index contributed by atoms with van der Waals surface area (Å²) in [5.41, 5.74) is -0.0833. The molecule has 0 saturated carbocycles. The minimum atomic E-state index is -4.72. The molecule has 0 radical (unpaired) electrons. The Balaban J connectivity index is 0.00000106. The first kappa shape index (κ1) is 25.1. The van der Waals surface area contributed by atoms with Crippen LogP contribution in [0.3, 0.4) is 0 Å². The summed E-state index contributed by atoms with van der Waals surface area (Å²) in [5.74, 6) is -3.30. The smallest absolute Gasteiger partial charge is 0.450 e. The second-order valence-electron chi connectivity index (χ2n) is 5.06. The molecular formula is C18H19F7N4O. The van der Waals surface area contributed by atoms with Gasteiger partial charge in [-0.1, -0.05) is 27.7 Å². The first-order chi connectivity index (χ1) is 14.0. The first-order valence-corrected chi connectivity index (χ1v) is 8.80. The Bertz CT molecular complexity index is 952. The van der Waals surface area contributed by atoms with E-state index in [-0.39, 0.29) is 16.8 Å². The third-order valence-electron chi connectivity index (χ3n) is 3.14. The van der Waals surface area contributed by atoms with E-state index in [1.807, 2.05) is 27.7 Å². The van der Waals surface area contributed by atoms with Gasteiger partial charge in [0.05, 0.1) is 23.6 Å². The number of rotatable bonds is 3. The van der Waals surface area contributed by atoms with Crippen molar-refractivity contribution in [2.24, 2.45) is 0 Å². The molecule has 3 heterocycles. The number of ether oxygens (including phenoxy) is 1. The molecule has 0 unspecified atom stereocenters. The van der Waals surface area contributed by atoms with Crippen molar-refractivity contribution in [2.45, 2.75) is 40.0 Å². The van der Waals surface area contributed by atoms with Crippen LogP contribution in [0.5, 0.6) is 5.88 Å². The quantitative estimate of drug-likeness (QED) is 0.473. The number of imidazole rings is 1. The van der Waals surface area contributed by atoms with Crippen LogP contribution in [-0.2, 0) is 6.18 Å². The molecule has 12 heteroatoms. The van der Waals surface area contributed by atoms with E-state index in [1.54, 1.807) is 0 Å². The van der Waals surface area contributed by atoms with Gasteiger partial charge in [0, 0.05) is 18.0 Å². The van der Waals surface area contributed by atoms with Crippen LogP contribution in [0.2, 0.25) is 0 Å². The zero-order valence-corrected chi connectivity index (χ0v) is 16.4. The molecule has 0 aliphatic carbocycles. The van der Waals surface area contributed by atoms with Crippen LogP contribution in [0.15, 0.2) is 30.9 Å². The van der Waals surface area contributed by atoms with Crippen LogP contribution in [0.25, 0.3) is 16.8 Å². The van der Waals surface area contributed by atoms with Gasteiger partial charge in [0.2, 0.25) is 5.82 Å². The van der Waals surface area contributed by atoms with E-state index in [4.69, 9.17) is 0 Å². The summed E-state index contributed by atoms with van der Waals surface area (Å²) >= 11 is 0. The van der Waals surface area contributed by atoms with Crippen LogP contribution in [-0.4, -0.2) is 32.1 Å². The largest absolute Gasteiger partial charge is 0.466 e. The SMILES string of the molecule is CC.CC.Fc1cc(-c2cn3c(C(F)(F)F)ncc3cn2)cnc1OCC(F)(F)F. The predicted molar refractivity (Wildman–Crippen MR) is 95.4 cm³/mol. The Hall–Kier alpha value is -2.92. The molecule has 166 valence electrons. The monoisotopic (exact) mass is 440 g/mol. The molecule has 0 N–H and O–H groups in total. The predicted octanol–water partition coefficient (Wildman–Crippen LogP) is 5.94. The number of nitrogens with zero attached hydrogens (tertiary/aromatic N) is 4. The number of alkyl halides is 6. The minimum absolute atomic E-state index is 0.0504. The number of aromatic nitrogens is 4. The molecule has 3 rings (SSSR count). The molecule has 0 aromatic carbocycles. The molecule has 3 aromatic rings. The lowest BCUT2D eigenvalue weighted by Crippen LogP contribution is -2.20. The van der Waals surface area contributed by atoms with Crippen molar-refractivity contribution < 1.29 is 35.5 Å². The van der Waals surface area contributed by atoms with E-state index < -0.39 is 36.5 Å². The van der Waals surface area contributed by atoms with E-state index in [0.29, 0.717) is 4.40 Å². The Morgan fingerprint density at radius 3 is 2.03 bits per heavy atom. The van der Waals surface area contributed by atoms with Gasteiger partial charge in [-0.2, -0.15) is 26.3 Å². The normalized spacial score (nSPS) is 11.3. The highest BCUT2D eigenvalue weighted by Gasteiger charge is 2.36. The van der Waals surface area contributed by atoms with Crippen LogP contribution in [0, 0.1) is 5.82 Å². The van der Waals surface area contributed by atoms with Crippen LogP contribution in [0.4, 0.5) is 30.7 Å². The lowest BCUT2D eigenvalue weighted by atomic mass is 10.2. The maximum atomic E-state index is 13.9. The molecule has 0 fully saturated rings. The molecule has 0 aliphatic rings. The van der Waals surface area contributed by atoms with Crippen molar-refractivity contribution >= 4 is 5.52 Å². The van der Waals surface area contributed by atoms with Crippen molar-refractivity contribution in [1.29, 1.82) is 0 Å². The fraction of sp³-hybridized carbons (Fsp3) is 0.389. The first-order valence-electron chi connectivity index (χ1n) is 8.80. The van der Waals surface area contributed by atoms with E-state index in [9.17, 15) is 30.7 Å². The highest BCUT2D eigenvalue weighted by Crippen LogP contribution is 2.30. The summed E-state index contributed by atoms with van der Waals surface area (Å²) in [6.07, 6.45) is -5.43. The highest BCUT2D eigenvalue weighted by molar-refractivity contribution is 5.60. The molecular weight excluding hydrogens is 421 g/mol. The summed E-state index contributed by atoms with van der Waals surface area (Å²) in [5, 5.41) is 0. The molecule has 3 aromatic heterocycles. The molecule has 30 heavy (non-hydrogen) atoms. The van der Waals surface area contributed by atoms with Crippen molar-refractivity contribution in [3.63, 3.8) is 0 Å². The number of hydrogen-bond donors (Lipinski definition) is 0. The minimum Gasteiger partial charge on any atom is -0.466 e. The van der Waals surface area contributed by atoms with E-state index in [0.717, 1.165) is 30.9 Å². The van der Waals surface area contributed by atoms with E-state index >= 15 is 0 Å². The van der Waals surface area contributed by atoms with Gasteiger partial charge < -0.3 is 4.74 Å². The van der Waals surface area contributed by atoms with Crippen molar-refractivity contribution in [3.05, 3.63) is 42.5 Å². The van der Waals surface area contributed by atoms with Crippen molar-refractivity contribution in [1.82, 2.24) is 19.4 Å². The molecule has 0 saturated heterocycles. The third-order valence-corrected chi connectivity index (χ3v) is 3.14. The standard InChI is InChI=1S/C14H7F7N4O.2C2H6/c15-9-1-7(2-23-11(9)26-6-13(16,17)18)10-5-25-8(3-22-10)4-24-12(25)14(19,20)21;2*1-2/h1-5H,6H2;2*1-2H3. The van der Waals surface area contributed by atoms with Gasteiger partial charge in [-0.15, -0.1) is 0 Å². The fourth-order valence-electron chi connectivity index (χ4n) is 2.08. The molecule has 0 bridgehead atoms. The molecule has 0 atom stereocenters. The van der Waals surface area contributed by atoms with Crippen LogP contribution >= 0.6 is 0 Å². The van der Waals surface area contributed by atoms with E-state index in [1.165, 1.54) is 0 Å². The number of fused-ring (bicyclic) bond motifs is 1. The summed E-state index contributed by atoms with van der Waals surface area (Å²) in [6, 6.07) is 0.761. The lowest BCUT2D eigenvalue weighted by molar-refractivity contribution is -0.154. The summed E-state index contributed by atoms with van der Waals surface area (Å²) in [6.45, 7) is 6.27. The fourth-order valence-corrected chi connectivity index (χ4v) is 2.08. The van der Waals surface area contributed by atoms with Gasteiger partial charge in [-0.25, -0.2) is 14.4 Å². The average Bonchev–Trinajstić information content (AvgIpc) is 3.13. The Labute approximate surface area is 167 Å². The van der Waals surface area contributed by atoms with Crippen LogP contribution < -0.4 is 4.74 Å².